The zero-order valence-corrected chi connectivity index (χ0v) is 13.5. The fraction of sp³-hybridized carbons (Fsp3) is 0.800. The van der Waals surface area contributed by atoms with Crippen LogP contribution in [0.25, 0.3) is 0 Å². The second kappa shape index (κ2) is 6.14. The first-order valence-corrected chi connectivity index (χ1v) is 7.56. The molecule has 1 saturated heterocycles. The summed E-state index contributed by atoms with van der Waals surface area (Å²) in [6.07, 6.45) is 2.05. The number of rotatable bonds is 4. The number of esters is 1. The molecular formula is C15H24N2O5. The summed E-state index contributed by atoms with van der Waals surface area (Å²) < 4.78 is 9.41. The van der Waals surface area contributed by atoms with Crippen LogP contribution in [-0.4, -0.2) is 55.7 Å². The van der Waals surface area contributed by atoms with Gasteiger partial charge in [0.25, 0.3) is 0 Å². The van der Waals surface area contributed by atoms with Crippen molar-refractivity contribution in [1.29, 1.82) is 0 Å². The van der Waals surface area contributed by atoms with Crippen LogP contribution in [0.1, 0.15) is 33.1 Å². The van der Waals surface area contributed by atoms with Gasteiger partial charge >= 0.3 is 12.1 Å². The minimum Gasteiger partial charge on any atom is -0.467 e. The van der Waals surface area contributed by atoms with Gasteiger partial charge in [0, 0.05) is 6.54 Å². The van der Waals surface area contributed by atoms with E-state index in [1.165, 1.54) is 14.2 Å². The van der Waals surface area contributed by atoms with Gasteiger partial charge in [-0.2, -0.15) is 0 Å². The zero-order valence-electron chi connectivity index (χ0n) is 13.5. The van der Waals surface area contributed by atoms with Gasteiger partial charge in [-0.25, -0.2) is 9.59 Å². The highest BCUT2D eigenvalue weighted by Crippen LogP contribution is 2.55. The van der Waals surface area contributed by atoms with Gasteiger partial charge in [0.2, 0.25) is 5.91 Å². The molecule has 2 rings (SSSR count). The second-order valence-corrected chi connectivity index (χ2v) is 6.57. The van der Waals surface area contributed by atoms with Crippen LogP contribution in [0.5, 0.6) is 0 Å². The van der Waals surface area contributed by atoms with Crippen molar-refractivity contribution in [2.24, 2.45) is 11.3 Å². The topological polar surface area (TPSA) is 84.9 Å². The molecule has 0 radical (unpaired) electrons. The van der Waals surface area contributed by atoms with Crippen molar-refractivity contribution in [3.05, 3.63) is 0 Å². The molecule has 2 amide bonds. The minimum atomic E-state index is -0.714. The number of amides is 2. The molecule has 0 aromatic rings. The Labute approximate surface area is 130 Å². The molecule has 2 aliphatic rings. The van der Waals surface area contributed by atoms with Crippen LogP contribution in [0.15, 0.2) is 0 Å². The van der Waals surface area contributed by atoms with E-state index in [4.69, 9.17) is 4.74 Å². The number of ether oxygens (including phenoxy) is 2. The average molecular weight is 312 g/mol. The van der Waals surface area contributed by atoms with Gasteiger partial charge < -0.3 is 19.7 Å². The highest BCUT2D eigenvalue weighted by molar-refractivity contribution is 5.90. The highest BCUT2D eigenvalue weighted by atomic mass is 16.5. The van der Waals surface area contributed by atoms with E-state index in [0.29, 0.717) is 13.0 Å². The Bertz CT molecular complexity index is 473. The Hall–Kier alpha value is -1.79. The third-order valence-electron chi connectivity index (χ3n) is 4.61. The molecule has 1 unspecified atom stereocenters. The molecule has 1 spiro atoms. The summed E-state index contributed by atoms with van der Waals surface area (Å²) in [5.41, 5.74) is 0.0707. The predicted molar refractivity (Wildman–Crippen MR) is 78.0 cm³/mol. The quantitative estimate of drug-likeness (QED) is 0.780. The molecule has 124 valence electrons. The van der Waals surface area contributed by atoms with Gasteiger partial charge in [-0.1, -0.05) is 13.8 Å². The lowest BCUT2D eigenvalue weighted by Crippen LogP contribution is -2.54. The van der Waals surface area contributed by atoms with Gasteiger partial charge in [-0.15, -0.1) is 0 Å². The van der Waals surface area contributed by atoms with Crippen LogP contribution in [-0.2, 0) is 19.1 Å². The van der Waals surface area contributed by atoms with Crippen molar-refractivity contribution in [3.8, 4) is 0 Å². The molecule has 2 fully saturated rings. The van der Waals surface area contributed by atoms with E-state index in [1.807, 2.05) is 13.8 Å². The van der Waals surface area contributed by atoms with Crippen molar-refractivity contribution in [3.63, 3.8) is 0 Å². The van der Waals surface area contributed by atoms with E-state index < -0.39 is 24.1 Å². The van der Waals surface area contributed by atoms with Gasteiger partial charge in [-0.3, -0.25) is 4.79 Å². The summed E-state index contributed by atoms with van der Waals surface area (Å²) in [7, 11) is 2.58. The van der Waals surface area contributed by atoms with Crippen molar-refractivity contribution in [2.75, 3.05) is 20.8 Å². The number of hydrogen-bond acceptors (Lipinski definition) is 5. The summed E-state index contributed by atoms with van der Waals surface area (Å²) in [6, 6.07) is -1.27. The van der Waals surface area contributed by atoms with Crippen LogP contribution in [0, 0.1) is 11.3 Å². The van der Waals surface area contributed by atoms with Gasteiger partial charge in [-0.05, 0) is 30.6 Å². The van der Waals surface area contributed by atoms with Crippen LogP contribution in [0.2, 0.25) is 0 Å². The Kier molecular flexibility index (Phi) is 4.63. The van der Waals surface area contributed by atoms with E-state index in [9.17, 15) is 14.4 Å². The zero-order chi connectivity index (χ0) is 16.5. The number of alkyl carbamates (subject to hydrolysis) is 1. The van der Waals surface area contributed by atoms with Crippen LogP contribution >= 0.6 is 0 Å². The second-order valence-electron chi connectivity index (χ2n) is 6.57. The van der Waals surface area contributed by atoms with Crippen molar-refractivity contribution in [1.82, 2.24) is 10.2 Å². The first-order chi connectivity index (χ1) is 10.3. The molecule has 1 N–H and O–H groups in total. The van der Waals surface area contributed by atoms with Gasteiger partial charge in [0.05, 0.1) is 14.2 Å². The van der Waals surface area contributed by atoms with E-state index in [-0.39, 0.29) is 17.2 Å². The molecular weight excluding hydrogens is 288 g/mol. The van der Waals surface area contributed by atoms with Crippen LogP contribution in [0.3, 0.4) is 0 Å². The molecule has 0 aromatic heterocycles. The molecule has 1 saturated carbocycles. The maximum absolute atomic E-state index is 12.8. The minimum absolute atomic E-state index is 0.0707. The molecule has 1 aliphatic heterocycles. The van der Waals surface area contributed by atoms with Crippen molar-refractivity contribution >= 4 is 18.0 Å². The summed E-state index contributed by atoms with van der Waals surface area (Å²) >= 11 is 0. The van der Waals surface area contributed by atoms with E-state index in [1.54, 1.807) is 4.90 Å². The molecule has 7 nitrogen and oxygen atoms in total. The molecule has 2 atom stereocenters. The van der Waals surface area contributed by atoms with Crippen LogP contribution in [0.4, 0.5) is 4.79 Å². The largest absolute Gasteiger partial charge is 0.467 e. The highest BCUT2D eigenvalue weighted by Gasteiger charge is 2.56. The van der Waals surface area contributed by atoms with Gasteiger partial charge in [0.15, 0.2) is 0 Å². The Morgan fingerprint density at radius 1 is 1.18 bits per heavy atom. The molecule has 22 heavy (non-hydrogen) atoms. The monoisotopic (exact) mass is 312 g/mol. The maximum atomic E-state index is 12.8. The SMILES string of the molecule is COC(=O)NC(C(=O)N1CC2(CC2)C[C@H]1C(=O)OC)C(C)C. The Morgan fingerprint density at radius 2 is 1.82 bits per heavy atom. The Balaban J connectivity index is 2.16. The van der Waals surface area contributed by atoms with E-state index in [2.05, 4.69) is 10.1 Å². The fourth-order valence-corrected chi connectivity index (χ4v) is 3.05. The summed E-state index contributed by atoms with van der Waals surface area (Å²) in [4.78, 5) is 37.9. The summed E-state index contributed by atoms with van der Waals surface area (Å²) in [5, 5.41) is 2.56. The third kappa shape index (κ3) is 3.18. The first kappa shape index (κ1) is 16.6. The number of nitrogens with zero attached hydrogens (tertiary/aromatic N) is 1. The standard InChI is InChI=1S/C15H24N2O5/c1-9(2)11(16-14(20)22-4)12(18)17-8-15(5-6-15)7-10(17)13(19)21-3/h9-11H,5-8H2,1-4H3,(H,16,20)/t10-,11?/m0/s1. The normalized spacial score (nSPS) is 23.3. The Morgan fingerprint density at radius 3 is 2.27 bits per heavy atom. The smallest absolute Gasteiger partial charge is 0.407 e. The summed E-state index contributed by atoms with van der Waals surface area (Å²) in [6.45, 7) is 4.24. The molecule has 1 heterocycles. The molecule has 0 bridgehead atoms. The summed E-state index contributed by atoms with van der Waals surface area (Å²) in [5.74, 6) is -0.752. The average Bonchev–Trinajstić information content (AvgIpc) is 3.13. The molecule has 1 aliphatic carbocycles. The third-order valence-corrected chi connectivity index (χ3v) is 4.61. The maximum Gasteiger partial charge on any atom is 0.407 e. The number of hydrogen-bond donors (Lipinski definition) is 1. The lowest BCUT2D eigenvalue weighted by atomic mass is 10.0. The molecule has 0 aromatic carbocycles. The van der Waals surface area contributed by atoms with Crippen molar-refractivity contribution in [2.45, 2.75) is 45.2 Å². The van der Waals surface area contributed by atoms with E-state index >= 15 is 0 Å². The first-order valence-electron chi connectivity index (χ1n) is 7.56. The van der Waals surface area contributed by atoms with Crippen LogP contribution < -0.4 is 5.32 Å². The number of likely N-dealkylation sites (tertiary alicyclic amines) is 1. The predicted octanol–water partition coefficient (Wildman–Crippen LogP) is 0.921. The number of carbonyl (C=O) groups excluding carboxylic acids is 3. The number of carbonyl (C=O) groups is 3. The number of methoxy groups -OCH3 is 2. The van der Waals surface area contributed by atoms with Gasteiger partial charge in [0.1, 0.15) is 12.1 Å². The lowest BCUT2D eigenvalue weighted by Gasteiger charge is -2.29. The lowest BCUT2D eigenvalue weighted by molar-refractivity contribution is -0.151. The van der Waals surface area contributed by atoms with Crippen molar-refractivity contribution < 1.29 is 23.9 Å². The fourth-order valence-electron chi connectivity index (χ4n) is 3.05. The number of nitrogens with one attached hydrogen (secondary N) is 1. The van der Waals surface area contributed by atoms with E-state index in [0.717, 1.165) is 12.8 Å². The molecule has 7 heteroatoms.